The quantitative estimate of drug-likeness (QED) is 0.867. The van der Waals surface area contributed by atoms with Gasteiger partial charge >= 0.3 is 6.18 Å². The average Bonchev–Trinajstić information content (AvgIpc) is 2.75. The van der Waals surface area contributed by atoms with Gasteiger partial charge in [-0.25, -0.2) is 0 Å². The van der Waals surface area contributed by atoms with Gasteiger partial charge in [-0.15, -0.1) is 11.3 Å². The molecule has 2 rings (SSSR count). The van der Waals surface area contributed by atoms with Crippen LogP contribution in [-0.4, -0.2) is 30.1 Å². The van der Waals surface area contributed by atoms with E-state index in [9.17, 15) is 18.0 Å². The highest BCUT2D eigenvalue weighted by atomic mass is 32.1. The fourth-order valence-electron chi connectivity index (χ4n) is 1.61. The van der Waals surface area contributed by atoms with Gasteiger partial charge in [0.25, 0.3) is 0 Å². The van der Waals surface area contributed by atoms with Crippen molar-refractivity contribution < 1.29 is 18.0 Å². The third kappa shape index (κ3) is 2.35. The first-order valence-electron chi connectivity index (χ1n) is 4.60. The van der Waals surface area contributed by atoms with Crippen molar-refractivity contribution >= 4 is 17.2 Å². The van der Waals surface area contributed by atoms with Crippen LogP contribution in [0.3, 0.4) is 0 Å². The van der Waals surface area contributed by atoms with Crippen LogP contribution in [0.25, 0.3) is 0 Å². The van der Waals surface area contributed by atoms with Crippen LogP contribution in [0, 0.1) is 0 Å². The molecule has 3 nitrogen and oxygen atoms in total. The molecule has 0 bridgehead atoms. The number of thiophene rings is 1. The molecule has 1 aliphatic heterocycles. The van der Waals surface area contributed by atoms with Gasteiger partial charge in [-0.1, -0.05) is 6.07 Å². The number of carbonyl (C=O) groups excluding carboxylic acids is 1. The second kappa shape index (κ2) is 4.06. The number of alkyl halides is 3. The van der Waals surface area contributed by atoms with E-state index in [-0.39, 0.29) is 6.54 Å². The largest absolute Gasteiger partial charge is 0.406 e. The molecule has 16 heavy (non-hydrogen) atoms. The van der Waals surface area contributed by atoms with Crippen LogP contribution in [0.1, 0.15) is 11.0 Å². The standard InChI is InChI=1S/C9H9F3N2OS/c10-9(11,12)5-14-7(15)4-13-8(14)6-2-1-3-16-6/h1-3,8,13H,4-5H2. The summed E-state index contributed by atoms with van der Waals surface area (Å²) in [4.78, 5) is 12.9. The zero-order valence-corrected chi connectivity index (χ0v) is 8.94. The molecule has 1 saturated heterocycles. The number of rotatable bonds is 2. The number of nitrogens with zero attached hydrogens (tertiary/aromatic N) is 1. The van der Waals surface area contributed by atoms with Gasteiger partial charge < -0.3 is 4.90 Å². The van der Waals surface area contributed by atoms with E-state index in [1.165, 1.54) is 11.3 Å². The lowest BCUT2D eigenvalue weighted by atomic mass is 10.3. The average molecular weight is 250 g/mol. The highest BCUT2D eigenvalue weighted by Crippen LogP contribution is 2.29. The Morgan fingerprint density at radius 3 is 2.88 bits per heavy atom. The third-order valence-corrected chi connectivity index (χ3v) is 3.17. The Hall–Kier alpha value is -1.08. The van der Waals surface area contributed by atoms with Crippen molar-refractivity contribution in [2.45, 2.75) is 12.3 Å². The lowest BCUT2D eigenvalue weighted by Crippen LogP contribution is -2.38. The molecule has 0 aromatic carbocycles. The molecule has 1 fully saturated rings. The van der Waals surface area contributed by atoms with Gasteiger partial charge in [0.1, 0.15) is 12.7 Å². The summed E-state index contributed by atoms with van der Waals surface area (Å²) in [5.74, 6) is -0.518. The lowest BCUT2D eigenvalue weighted by molar-refractivity contribution is -0.161. The maximum Gasteiger partial charge on any atom is 0.406 e. The summed E-state index contributed by atoms with van der Waals surface area (Å²) in [6.07, 6.45) is -5.01. The molecule has 7 heteroatoms. The highest BCUT2D eigenvalue weighted by Gasteiger charge is 2.40. The molecule has 1 N–H and O–H groups in total. The Kier molecular flexibility index (Phi) is 2.90. The summed E-state index contributed by atoms with van der Waals surface area (Å²) in [5.41, 5.74) is 0. The minimum atomic E-state index is -4.36. The van der Waals surface area contributed by atoms with Crippen LogP contribution in [0.2, 0.25) is 0 Å². The molecule has 0 aliphatic carbocycles. The van der Waals surface area contributed by atoms with Crippen molar-refractivity contribution in [3.63, 3.8) is 0 Å². The maximum atomic E-state index is 12.3. The fraction of sp³-hybridized carbons (Fsp3) is 0.444. The van der Waals surface area contributed by atoms with E-state index < -0.39 is 24.8 Å². The van der Waals surface area contributed by atoms with Crippen LogP contribution in [0.15, 0.2) is 17.5 Å². The van der Waals surface area contributed by atoms with Crippen LogP contribution in [0.5, 0.6) is 0 Å². The van der Waals surface area contributed by atoms with Gasteiger partial charge in [-0.2, -0.15) is 13.2 Å². The molecule has 1 unspecified atom stereocenters. The van der Waals surface area contributed by atoms with E-state index in [0.29, 0.717) is 0 Å². The zero-order valence-electron chi connectivity index (χ0n) is 8.12. The molecule has 1 aromatic heterocycles. The number of carbonyl (C=O) groups is 1. The molecular formula is C9H9F3N2OS. The monoisotopic (exact) mass is 250 g/mol. The maximum absolute atomic E-state index is 12.3. The lowest BCUT2D eigenvalue weighted by Gasteiger charge is -2.24. The van der Waals surface area contributed by atoms with Crippen LogP contribution < -0.4 is 5.32 Å². The molecule has 88 valence electrons. The minimum Gasteiger partial charge on any atom is -0.312 e. The summed E-state index contributed by atoms with van der Waals surface area (Å²) in [6.45, 7) is -1.25. The van der Waals surface area contributed by atoms with Gasteiger partial charge in [-0.05, 0) is 11.4 Å². The van der Waals surface area contributed by atoms with E-state index in [1.807, 2.05) is 0 Å². The molecule has 1 amide bonds. The van der Waals surface area contributed by atoms with Gasteiger partial charge in [0.15, 0.2) is 0 Å². The summed E-state index contributed by atoms with van der Waals surface area (Å²) in [7, 11) is 0. The van der Waals surface area contributed by atoms with E-state index >= 15 is 0 Å². The Morgan fingerprint density at radius 1 is 1.56 bits per heavy atom. The molecule has 1 aliphatic rings. The van der Waals surface area contributed by atoms with Crippen molar-refractivity contribution in [1.82, 2.24) is 10.2 Å². The van der Waals surface area contributed by atoms with Crippen LogP contribution >= 0.6 is 11.3 Å². The minimum absolute atomic E-state index is 0.0430. The topological polar surface area (TPSA) is 32.3 Å². The smallest absolute Gasteiger partial charge is 0.312 e. The van der Waals surface area contributed by atoms with Crippen LogP contribution in [-0.2, 0) is 4.79 Å². The normalized spacial score (nSPS) is 21.8. The molecule has 0 spiro atoms. The van der Waals surface area contributed by atoms with Crippen molar-refractivity contribution in [1.29, 1.82) is 0 Å². The van der Waals surface area contributed by atoms with E-state index in [2.05, 4.69) is 5.32 Å². The van der Waals surface area contributed by atoms with E-state index in [4.69, 9.17) is 0 Å². The third-order valence-electron chi connectivity index (χ3n) is 2.24. The van der Waals surface area contributed by atoms with Crippen LogP contribution in [0.4, 0.5) is 13.2 Å². The van der Waals surface area contributed by atoms with Gasteiger partial charge in [-0.3, -0.25) is 10.1 Å². The second-order valence-electron chi connectivity index (χ2n) is 3.44. The first kappa shape index (κ1) is 11.4. The Bertz CT molecular complexity index is 377. The second-order valence-corrected chi connectivity index (χ2v) is 4.41. The summed E-state index contributed by atoms with van der Waals surface area (Å²) >= 11 is 1.33. The van der Waals surface area contributed by atoms with Crippen molar-refractivity contribution in [2.75, 3.05) is 13.1 Å². The molecule has 0 radical (unpaired) electrons. The Balaban J connectivity index is 2.17. The fourth-order valence-corrected chi connectivity index (χ4v) is 2.42. The number of nitrogens with one attached hydrogen (secondary N) is 1. The van der Waals surface area contributed by atoms with E-state index in [1.54, 1.807) is 17.5 Å². The molecule has 2 heterocycles. The van der Waals surface area contributed by atoms with E-state index in [0.717, 1.165) is 9.78 Å². The Morgan fingerprint density at radius 2 is 2.31 bits per heavy atom. The van der Waals surface area contributed by atoms with Crippen molar-refractivity contribution in [2.24, 2.45) is 0 Å². The SMILES string of the molecule is O=C1CNC(c2cccs2)N1CC(F)(F)F. The summed E-state index contributed by atoms with van der Waals surface area (Å²) in [6, 6.07) is 3.46. The number of hydrogen-bond acceptors (Lipinski definition) is 3. The molecule has 0 saturated carbocycles. The number of halogens is 3. The van der Waals surface area contributed by atoms with Gasteiger partial charge in [0.05, 0.1) is 6.54 Å². The molecule has 1 atom stereocenters. The number of amides is 1. The van der Waals surface area contributed by atoms with Gasteiger partial charge in [0.2, 0.25) is 5.91 Å². The Labute approximate surface area is 93.9 Å². The van der Waals surface area contributed by atoms with Crippen molar-refractivity contribution in [3.05, 3.63) is 22.4 Å². The first-order valence-corrected chi connectivity index (χ1v) is 5.48. The molecular weight excluding hydrogens is 241 g/mol. The molecule has 1 aromatic rings. The number of hydrogen-bond donors (Lipinski definition) is 1. The predicted octanol–water partition coefficient (Wildman–Crippen LogP) is 1.74. The zero-order chi connectivity index (χ0) is 11.8. The van der Waals surface area contributed by atoms with Gasteiger partial charge in [0, 0.05) is 4.88 Å². The summed E-state index contributed by atoms with van der Waals surface area (Å²) < 4.78 is 36.8. The highest BCUT2D eigenvalue weighted by molar-refractivity contribution is 7.10. The predicted molar refractivity (Wildman–Crippen MR) is 52.8 cm³/mol. The van der Waals surface area contributed by atoms with Crippen molar-refractivity contribution in [3.8, 4) is 0 Å². The summed E-state index contributed by atoms with van der Waals surface area (Å²) in [5, 5.41) is 4.54. The first-order chi connectivity index (χ1) is 7.47.